The molecule has 0 aromatic carbocycles. The first-order valence-electron chi connectivity index (χ1n) is 5.44. The van der Waals surface area contributed by atoms with Gasteiger partial charge in [0.1, 0.15) is 0 Å². The maximum Gasteiger partial charge on any atom is 0.336 e. The summed E-state index contributed by atoms with van der Waals surface area (Å²) in [5.74, 6) is -2.74. The fourth-order valence-electron chi connectivity index (χ4n) is 3.00. The van der Waals surface area contributed by atoms with Crippen molar-refractivity contribution in [1.82, 2.24) is 0 Å². The van der Waals surface area contributed by atoms with Crippen molar-refractivity contribution in [2.75, 3.05) is 5.75 Å². The Labute approximate surface area is 104 Å². The third kappa shape index (κ3) is 1.74. The summed E-state index contributed by atoms with van der Waals surface area (Å²) < 4.78 is 23.8. The highest BCUT2D eigenvalue weighted by atomic mass is 32.2. The lowest BCUT2D eigenvalue weighted by molar-refractivity contribution is -0.162. The lowest BCUT2D eigenvalue weighted by Crippen LogP contribution is -2.43. The maximum absolute atomic E-state index is 11.9. The van der Waals surface area contributed by atoms with Crippen LogP contribution in [0.4, 0.5) is 0 Å². The molecule has 0 aromatic rings. The summed E-state index contributed by atoms with van der Waals surface area (Å²) >= 11 is 0. The molecule has 0 bridgehead atoms. The summed E-state index contributed by atoms with van der Waals surface area (Å²) in [5, 5.41) is 18.2. The fourth-order valence-corrected chi connectivity index (χ4v) is 5.35. The van der Waals surface area contributed by atoms with Gasteiger partial charge in [-0.2, -0.15) is 0 Å². The van der Waals surface area contributed by atoms with Crippen LogP contribution in [0.2, 0.25) is 0 Å². The zero-order valence-corrected chi connectivity index (χ0v) is 10.3. The number of fused-ring (bicyclic) bond motifs is 1. The van der Waals surface area contributed by atoms with E-state index in [1.807, 2.05) is 0 Å². The molecule has 102 valence electrons. The van der Waals surface area contributed by atoms with E-state index in [9.17, 15) is 18.3 Å². The largest absolute Gasteiger partial charge is 0.479 e. The summed E-state index contributed by atoms with van der Waals surface area (Å²) in [6.45, 7) is 0. The Hall–Kier alpha value is -1.35. The third-order valence-corrected chi connectivity index (χ3v) is 6.00. The quantitative estimate of drug-likeness (QED) is 0.325. The van der Waals surface area contributed by atoms with Crippen molar-refractivity contribution in [1.29, 1.82) is 0 Å². The van der Waals surface area contributed by atoms with Crippen LogP contribution in [0.1, 0.15) is 12.8 Å². The van der Waals surface area contributed by atoms with Crippen LogP contribution in [-0.4, -0.2) is 53.2 Å². The van der Waals surface area contributed by atoms with E-state index in [0.29, 0.717) is 0 Å². The Balaban J connectivity index is 2.47. The zero-order chi connectivity index (χ0) is 13.7. The molecule has 0 unspecified atom stereocenters. The highest BCUT2D eigenvalue weighted by Crippen LogP contribution is 2.47. The van der Waals surface area contributed by atoms with Crippen molar-refractivity contribution >= 4 is 21.8 Å². The third-order valence-electron chi connectivity index (χ3n) is 3.72. The van der Waals surface area contributed by atoms with Gasteiger partial charge in [-0.05, 0) is 6.42 Å². The second-order valence-corrected chi connectivity index (χ2v) is 7.06. The number of carbonyl (C=O) groups is 1. The van der Waals surface area contributed by atoms with Gasteiger partial charge in [-0.25, -0.2) is 18.2 Å². The summed E-state index contributed by atoms with van der Waals surface area (Å²) in [6, 6.07) is -0.895. The highest BCUT2D eigenvalue weighted by Gasteiger charge is 2.64. The minimum Gasteiger partial charge on any atom is -0.479 e. The van der Waals surface area contributed by atoms with Crippen LogP contribution in [-0.2, 0) is 14.6 Å². The SMILES string of the molecule is NC(N)=N[C@@H]1C[C@](O)(C(=O)O)[C@H]2CCS(=O)(=O)[C@@H]12. The number of nitrogens with two attached hydrogens (primary N) is 2. The molecule has 0 spiro atoms. The summed E-state index contributed by atoms with van der Waals surface area (Å²) in [7, 11) is -3.46. The minimum absolute atomic E-state index is 0.117. The first-order valence-corrected chi connectivity index (χ1v) is 7.16. The number of guanidine groups is 1. The van der Waals surface area contributed by atoms with Crippen molar-refractivity contribution in [2.24, 2.45) is 22.4 Å². The molecule has 1 aliphatic carbocycles. The van der Waals surface area contributed by atoms with Gasteiger partial charge >= 0.3 is 5.97 Å². The van der Waals surface area contributed by atoms with Crippen molar-refractivity contribution in [2.45, 2.75) is 29.7 Å². The van der Waals surface area contributed by atoms with Gasteiger partial charge in [0.25, 0.3) is 0 Å². The molecule has 1 saturated carbocycles. The summed E-state index contributed by atoms with van der Waals surface area (Å²) in [4.78, 5) is 14.9. The molecule has 18 heavy (non-hydrogen) atoms. The standard InChI is InChI=1S/C9H15N3O5S/c10-8(11)12-5-3-9(15,7(13)14)4-1-2-18(16,17)6(4)5/h4-6,15H,1-3H2,(H,13,14)(H4,10,11,12)/t4-,5+,6+,9+/m0/s1. The average molecular weight is 277 g/mol. The maximum atomic E-state index is 11.9. The van der Waals surface area contributed by atoms with Crippen LogP contribution in [0.5, 0.6) is 0 Å². The first-order chi connectivity index (χ1) is 8.18. The monoisotopic (exact) mass is 277 g/mol. The van der Waals surface area contributed by atoms with Crippen molar-refractivity contribution in [3.63, 3.8) is 0 Å². The molecule has 2 rings (SSSR count). The number of hydrogen-bond donors (Lipinski definition) is 4. The van der Waals surface area contributed by atoms with E-state index in [-0.39, 0.29) is 24.6 Å². The molecule has 1 saturated heterocycles. The Morgan fingerprint density at radius 1 is 1.39 bits per heavy atom. The van der Waals surface area contributed by atoms with Gasteiger partial charge in [-0.15, -0.1) is 0 Å². The van der Waals surface area contributed by atoms with Gasteiger partial charge in [0.2, 0.25) is 0 Å². The number of aliphatic hydroxyl groups is 1. The zero-order valence-electron chi connectivity index (χ0n) is 9.48. The van der Waals surface area contributed by atoms with Gasteiger partial charge in [0.15, 0.2) is 21.4 Å². The van der Waals surface area contributed by atoms with Crippen LogP contribution in [0.15, 0.2) is 4.99 Å². The average Bonchev–Trinajstić information content (AvgIpc) is 2.66. The van der Waals surface area contributed by atoms with Crippen LogP contribution in [0.3, 0.4) is 0 Å². The van der Waals surface area contributed by atoms with E-state index in [4.69, 9.17) is 16.6 Å². The van der Waals surface area contributed by atoms with Gasteiger partial charge in [0.05, 0.1) is 17.0 Å². The number of rotatable bonds is 2. The number of aliphatic imine (C=N–C) groups is 1. The van der Waals surface area contributed by atoms with E-state index >= 15 is 0 Å². The molecule has 2 fully saturated rings. The fraction of sp³-hybridized carbons (Fsp3) is 0.778. The number of nitrogens with zero attached hydrogens (tertiary/aromatic N) is 1. The number of carboxylic acids is 1. The molecule has 9 heteroatoms. The van der Waals surface area contributed by atoms with Gasteiger partial charge < -0.3 is 21.7 Å². The van der Waals surface area contributed by atoms with Gasteiger partial charge in [-0.1, -0.05) is 0 Å². The molecule has 1 aliphatic heterocycles. The predicted molar refractivity (Wildman–Crippen MR) is 62.5 cm³/mol. The molecule has 6 N–H and O–H groups in total. The summed E-state index contributed by atoms with van der Waals surface area (Å²) in [6.07, 6.45) is -0.166. The normalized spacial score (nSPS) is 41.3. The lowest BCUT2D eigenvalue weighted by atomic mass is 9.89. The molecular formula is C9H15N3O5S. The second kappa shape index (κ2) is 3.82. The molecule has 4 atom stereocenters. The lowest BCUT2D eigenvalue weighted by Gasteiger charge is -2.22. The van der Waals surface area contributed by atoms with Crippen LogP contribution in [0.25, 0.3) is 0 Å². The Kier molecular flexibility index (Phi) is 2.78. The molecule has 0 amide bonds. The molecule has 0 radical (unpaired) electrons. The van der Waals surface area contributed by atoms with Crippen molar-refractivity contribution in [3.8, 4) is 0 Å². The van der Waals surface area contributed by atoms with Gasteiger partial charge in [0, 0.05) is 12.3 Å². The Bertz CT molecular complexity index is 512. The highest BCUT2D eigenvalue weighted by molar-refractivity contribution is 7.92. The topological polar surface area (TPSA) is 156 Å². The van der Waals surface area contributed by atoms with Gasteiger partial charge in [-0.3, -0.25) is 0 Å². The molecular weight excluding hydrogens is 262 g/mol. The van der Waals surface area contributed by atoms with E-state index in [2.05, 4.69) is 4.99 Å². The molecule has 2 aliphatic rings. The van der Waals surface area contributed by atoms with E-state index in [0.717, 1.165) is 0 Å². The van der Waals surface area contributed by atoms with E-state index in [1.165, 1.54) is 0 Å². The van der Waals surface area contributed by atoms with Crippen molar-refractivity contribution < 1.29 is 23.4 Å². The van der Waals surface area contributed by atoms with Crippen LogP contribution in [0, 0.1) is 5.92 Å². The minimum atomic E-state index is -3.46. The van der Waals surface area contributed by atoms with Crippen molar-refractivity contribution in [3.05, 3.63) is 0 Å². The summed E-state index contributed by atoms with van der Waals surface area (Å²) in [5.41, 5.74) is 8.35. The number of aliphatic carboxylic acids is 1. The molecule has 0 aromatic heterocycles. The Morgan fingerprint density at radius 2 is 2.00 bits per heavy atom. The van der Waals surface area contributed by atoms with E-state index in [1.54, 1.807) is 0 Å². The number of hydrogen-bond acceptors (Lipinski definition) is 5. The number of carboxylic acid groups (broad SMARTS) is 1. The predicted octanol–water partition coefficient (Wildman–Crippen LogP) is -2.35. The Morgan fingerprint density at radius 3 is 2.50 bits per heavy atom. The van der Waals surface area contributed by atoms with Crippen LogP contribution >= 0.6 is 0 Å². The molecule has 8 nitrogen and oxygen atoms in total. The van der Waals surface area contributed by atoms with E-state index < -0.39 is 38.6 Å². The van der Waals surface area contributed by atoms with Crippen LogP contribution < -0.4 is 11.5 Å². The number of sulfone groups is 1. The first kappa shape index (κ1) is 13.1. The second-order valence-electron chi connectivity index (χ2n) is 4.78. The smallest absolute Gasteiger partial charge is 0.336 e. The molecule has 1 heterocycles.